The average molecular weight is 209 g/mol. The molecule has 0 fully saturated rings. The average Bonchev–Trinajstić information content (AvgIpc) is 2.17. The summed E-state index contributed by atoms with van der Waals surface area (Å²) in [6.07, 6.45) is 3.06. The molecule has 0 saturated carbocycles. The Morgan fingerprint density at radius 1 is 1.36 bits per heavy atom. The second-order valence-electron chi connectivity index (χ2n) is 2.78. The molecule has 14 heavy (non-hydrogen) atoms. The maximum absolute atomic E-state index is 10.5. The molecule has 0 radical (unpaired) electrons. The van der Waals surface area contributed by atoms with Crippen LogP contribution in [-0.2, 0) is 0 Å². The van der Waals surface area contributed by atoms with Gasteiger partial charge in [-0.25, -0.2) is 0 Å². The van der Waals surface area contributed by atoms with Crippen molar-refractivity contribution >= 4 is 28.1 Å². The highest BCUT2D eigenvalue weighted by Gasteiger charge is 2.07. The zero-order valence-corrected chi connectivity index (χ0v) is 7.73. The first-order chi connectivity index (χ1) is 6.68. The largest absolute Gasteiger partial charge is 0.270 e. The molecule has 4 nitrogen and oxygen atoms in total. The molecule has 0 aliphatic rings. The second kappa shape index (κ2) is 3.23. The van der Waals surface area contributed by atoms with E-state index in [9.17, 15) is 10.1 Å². The maximum Gasteiger partial charge on any atom is 0.270 e. The van der Waals surface area contributed by atoms with Gasteiger partial charge in [0.05, 0.1) is 9.95 Å². The molecule has 0 bridgehead atoms. The summed E-state index contributed by atoms with van der Waals surface area (Å²) in [6.45, 7) is 0. The molecule has 0 aliphatic heterocycles. The van der Waals surface area contributed by atoms with E-state index in [0.717, 1.165) is 5.39 Å². The SMILES string of the molecule is O=[N+]([O-])c1ccc2c(Cl)cncc2c1. The van der Waals surface area contributed by atoms with Gasteiger partial charge in [-0.1, -0.05) is 11.6 Å². The second-order valence-corrected chi connectivity index (χ2v) is 3.19. The van der Waals surface area contributed by atoms with Crippen molar-refractivity contribution in [2.45, 2.75) is 0 Å². The number of hydrogen-bond donors (Lipinski definition) is 0. The zero-order valence-electron chi connectivity index (χ0n) is 6.98. The van der Waals surface area contributed by atoms with Gasteiger partial charge in [-0.05, 0) is 6.07 Å². The van der Waals surface area contributed by atoms with Crippen LogP contribution < -0.4 is 0 Å². The van der Waals surface area contributed by atoms with Crippen LogP contribution in [0.4, 0.5) is 5.69 Å². The molecule has 2 rings (SSSR count). The molecule has 1 heterocycles. The van der Waals surface area contributed by atoms with Gasteiger partial charge in [0.25, 0.3) is 5.69 Å². The quantitative estimate of drug-likeness (QED) is 0.535. The Labute approximate surface area is 84.3 Å². The Balaban J connectivity index is 2.73. The third-order valence-electron chi connectivity index (χ3n) is 1.90. The van der Waals surface area contributed by atoms with Gasteiger partial charge in [0.2, 0.25) is 0 Å². The van der Waals surface area contributed by atoms with Gasteiger partial charge in [0, 0.05) is 35.3 Å². The monoisotopic (exact) mass is 208 g/mol. The molecule has 0 unspecified atom stereocenters. The third-order valence-corrected chi connectivity index (χ3v) is 2.21. The number of hydrogen-bond acceptors (Lipinski definition) is 3. The zero-order chi connectivity index (χ0) is 10.1. The molecule has 0 amide bonds. The van der Waals surface area contributed by atoms with Crippen molar-refractivity contribution in [3.8, 4) is 0 Å². The summed E-state index contributed by atoms with van der Waals surface area (Å²) in [7, 11) is 0. The Kier molecular flexibility index (Phi) is 2.05. The lowest BCUT2D eigenvalue weighted by Crippen LogP contribution is -1.87. The molecular weight excluding hydrogens is 204 g/mol. The lowest BCUT2D eigenvalue weighted by atomic mass is 10.1. The lowest BCUT2D eigenvalue weighted by molar-refractivity contribution is -0.384. The molecule has 0 saturated heterocycles. The number of halogens is 1. The van der Waals surface area contributed by atoms with Crippen molar-refractivity contribution in [1.29, 1.82) is 0 Å². The van der Waals surface area contributed by atoms with Gasteiger partial charge < -0.3 is 0 Å². The van der Waals surface area contributed by atoms with E-state index < -0.39 is 4.92 Å². The number of rotatable bonds is 1. The summed E-state index contributed by atoms with van der Waals surface area (Å²) in [5.41, 5.74) is 0.0431. The van der Waals surface area contributed by atoms with Crippen LogP contribution in [-0.4, -0.2) is 9.91 Å². The van der Waals surface area contributed by atoms with E-state index >= 15 is 0 Å². The van der Waals surface area contributed by atoms with E-state index in [-0.39, 0.29) is 5.69 Å². The van der Waals surface area contributed by atoms with E-state index in [4.69, 9.17) is 11.6 Å². The van der Waals surface area contributed by atoms with Gasteiger partial charge >= 0.3 is 0 Å². The summed E-state index contributed by atoms with van der Waals surface area (Å²) in [5, 5.41) is 12.4. The lowest BCUT2D eigenvalue weighted by Gasteiger charge is -1.98. The Hall–Kier alpha value is -1.68. The number of nitro groups is 1. The minimum atomic E-state index is -0.444. The molecule has 70 valence electrons. The van der Waals surface area contributed by atoms with E-state index in [1.165, 1.54) is 18.3 Å². The highest BCUT2D eigenvalue weighted by Crippen LogP contribution is 2.25. The first-order valence-corrected chi connectivity index (χ1v) is 4.24. The van der Waals surface area contributed by atoms with Gasteiger partial charge in [0.1, 0.15) is 0 Å². The van der Waals surface area contributed by atoms with Crippen LogP contribution in [0.15, 0.2) is 30.6 Å². The van der Waals surface area contributed by atoms with Crippen LogP contribution in [0.5, 0.6) is 0 Å². The summed E-state index contributed by atoms with van der Waals surface area (Å²) in [5.74, 6) is 0. The molecule has 0 atom stereocenters. The predicted molar refractivity (Wildman–Crippen MR) is 53.4 cm³/mol. The van der Waals surface area contributed by atoms with Crippen LogP contribution in [0.1, 0.15) is 0 Å². The number of nitro benzene ring substituents is 1. The van der Waals surface area contributed by atoms with Crippen molar-refractivity contribution in [3.63, 3.8) is 0 Å². The molecule has 5 heteroatoms. The smallest absolute Gasteiger partial charge is 0.263 e. The third kappa shape index (κ3) is 1.40. The Morgan fingerprint density at radius 3 is 2.86 bits per heavy atom. The molecule has 0 spiro atoms. The van der Waals surface area contributed by atoms with E-state index in [1.807, 2.05) is 0 Å². The molecule has 0 N–H and O–H groups in total. The Morgan fingerprint density at radius 2 is 2.14 bits per heavy atom. The Bertz CT molecular complexity index is 513. The highest BCUT2D eigenvalue weighted by atomic mass is 35.5. The maximum atomic E-state index is 10.5. The first-order valence-electron chi connectivity index (χ1n) is 3.86. The van der Waals surface area contributed by atoms with E-state index in [0.29, 0.717) is 10.4 Å². The number of pyridine rings is 1. The minimum absolute atomic E-state index is 0.0431. The summed E-state index contributed by atoms with van der Waals surface area (Å²) < 4.78 is 0. The molecule has 1 aromatic heterocycles. The fourth-order valence-electron chi connectivity index (χ4n) is 1.24. The first kappa shape index (κ1) is 8.90. The van der Waals surface area contributed by atoms with E-state index in [2.05, 4.69) is 4.98 Å². The molecule has 1 aromatic carbocycles. The standard InChI is InChI=1S/C9H5ClN2O2/c10-9-5-11-4-6-3-7(12(13)14)1-2-8(6)9/h1-5H. The number of non-ortho nitro benzene ring substituents is 1. The van der Waals surface area contributed by atoms with Crippen LogP contribution in [0.3, 0.4) is 0 Å². The van der Waals surface area contributed by atoms with Crippen LogP contribution >= 0.6 is 11.6 Å². The number of benzene rings is 1. The molecular formula is C9H5ClN2O2. The van der Waals surface area contributed by atoms with Crippen LogP contribution in [0.2, 0.25) is 5.02 Å². The van der Waals surface area contributed by atoms with Gasteiger partial charge in [-0.3, -0.25) is 15.1 Å². The summed E-state index contributed by atoms with van der Waals surface area (Å²) >= 11 is 5.86. The number of nitrogens with zero attached hydrogens (tertiary/aromatic N) is 2. The van der Waals surface area contributed by atoms with Crippen molar-refractivity contribution in [3.05, 3.63) is 45.7 Å². The highest BCUT2D eigenvalue weighted by molar-refractivity contribution is 6.35. The van der Waals surface area contributed by atoms with Crippen molar-refractivity contribution in [2.75, 3.05) is 0 Å². The van der Waals surface area contributed by atoms with Crippen molar-refractivity contribution in [2.24, 2.45) is 0 Å². The number of fused-ring (bicyclic) bond motifs is 1. The van der Waals surface area contributed by atoms with Crippen LogP contribution in [0, 0.1) is 10.1 Å². The molecule has 2 aromatic rings. The van der Waals surface area contributed by atoms with Gasteiger partial charge in [-0.2, -0.15) is 0 Å². The summed E-state index contributed by atoms with van der Waals surface area (Å²) in [6, 6.07) is 4.50. The van der Waals surface area contributed by atoms with E-state index in [1.54, 1.807) is 12.3 Å². The minimum Gasteiger partial charge on any atom is -0.263 e. The van der Waals surface area contributed by atoms with Crippen molar-refractivity contribution < 1.29 is 4.92 Å². The van der Waals surface area contributed by atoms with Crippen LogP contribution in [0.25, 0.3) is 10.8 Å². The predicted octanol–water partition coefficient (Wildman–Crippen LogP) is 2.80. The van der Waals surface area contributed by atoms with Gasteiger partial charge in [0.15, 0.2) is 0 Å². The topological polar surface area (TPSA) is 56.0 Å². The molecule has 0 aliphatic carbocycles. The fourth-order valence-corrected chi connectivity index (χ4v) is 1.47. The fraction of sp³-hybridized carbons (Fsp3) is 0. The summed E-state index contributed by atoms with van der Waals surface area (Å²) in [4.78, 5) is 13.9. The van der Waals surface area contributed by atoms with Crippen molar-refractivity contribution in [1.82, 2.24) is 4.98 Å². The normalized spacial score (nSPS) is 10.4. The van der Waals surface area contributed by atoms with Gasteiger partial charge in [-0.15, -0.1) is 0 Å². The number of aromatic nitrogens is 1.